The predicted molar refractivity (Wildman–Crippen MR) is 213 cm³/mol. The highest BCUT2D eigenvalue weighted by Gasteiger charge is 2.35. The number of nitrogens with zero attached hydrogens (tertiary/aromatic N) is 1. The molecule has 1 aliphatic carbocycles. The fourth-order valence-electron chi connectivity index (χ4n) is 7.58. The lowest BCUT2D eigenvalue weighted by atomic mass is 9.82. The summed E-state index contributed by atoms with van der Waals surface area (Å²) >= 11 is 0. The van der Waals surface area contributed by atoms with Crippen LogP contribution in [0.15, 0.2) is 188 Å². The molecule has 0 aliphatic heterocycles. The standard InChI is InChI=1S/C49H37N/c1-49(2)47-24-9-8-22-45(47)46-30-29-42(33-48(46)49)50(41-20-11-19-39(32-41)44-23-12-16-36-15-6-7-21-43(36)44)40-27-25-35(26-28-40)38-18-10-17-37(31-38)34-13-4-3-5-14-34/h3-33H,1-2H3/i25D,26D,27D,28D. The third kappa shape index (κ3) is 5.11. The summed E-state index contributed by atoms with van der Waals surface area (Å²) in [7, 11) is 0. The third-order valence-corrected chi connectivity index (χ3v) is 10.1. The SMILES string of the molecule is [2H]c1c([2H])c(N(c2cccc(-c3cccc4ccccc34)c2)c2ccc3c(c2)C(C)(C)c2ccccc2-3)c([2H])c([2H])c1-c1cccc(-c2ccccc2)c1. The summed E-state index contributed by atoms with van der Waals surface area (Å²) in [6.07, 6.45) is 0. The molecule has 0 radical (unpaired) electrons. The van der Waals surface area contributed by atoms with E-state index in [1.54, 1.807) is 0 Å². The van der Waals surface area contributed by atoms with Crippen molar-refractivity contribution in [2.24, 2.45) is 0 Å². The van der Waals surface area contributed by atoms with Gasteiger partial charge in [0, 0.05) is 22.5 Å². The summed E-state index contributed by atoms with van der Waals surface area (Å²) in [5.74, 6) is 0. The van der Waals surface area contributed by atoms with E-state index in [2.05, 4.69) is 92.7 Å². The van der Waals surface area contributed by atoms with Crippen LogP contribution < -0.4 is 4.90 Å². The minimum atomic E-state index is -0.277. The number of rotatable bonds is 6. The van der Waals surface area contributed by atoms with Crippen LogP contribution in [0.3, 0.4) is 0 Å². The molecule has 1 aliphatic rings. The monoisotopic (exact) mass is 643 g/mol. The maximum Gasteiger partial charge on any atom is 0.0645 e. The summed E-state index contributed by atoms with van der Waals surface area (Å²) in [5, 5.41) is 2.27. The maximum absolute atomic E-state index is 9.60. The van der Waals surface area contributed by atoms with Gasteiger partial charge >= 0.3 is 0 Å². The minimum Gasteiger partial charge on any atom is -0.310 e. The first kappa shape index (κ1) is 25.8. The molecule has 0 spiro atoms. The summed E-state index contributed by atoms with van der Waals surface area (Å²) in [5.41, 5.74) is 11.2. The quantitative estimate of drug-likeness (QED) is 0.174. The number of fused-ring (bicyclic) bond motifs is 4. The van der Waals surface area contributed by atoms with Gasteiger partial charge in [-0.2, -0.15) is 0 Å². The highest BCUT2D eigenvalue weighted by atomic mass is 15.1. The molecule has 0 bridgehead atoms. The molecule has 0 unspecified atom stereocenters. The van der Waals surface area contributed by atoms with E-state index in [1.165, 1.54) is 11.1 Å². The van der Waals surface area contributed by atoms with Crippen LogP contribution in [0.25, 0.3) is 55.3 Å². The van der Waals surface area contributed by atoms with E-state index in [9.17, 15) is 5.48 Å². The molecule has 1 heteroatoms. The summed E-state index contributed by atoms with van der Waals surface area (Å²) in [6.45, 7) is 4.47. The zero-order valence-electron chi connectivity index (χ0n) is 32.0. The van der Waals surface area contributed by atoms with Crippen LogP contribution in [-0.2, 0) is 5.41 Å². The lowest BCUT2D eigenvalue weighted by Crippen LogP contribution is -2.16. The molecule has 0 N–H and O–H groups in total. The van der Waals surface area contributed by atoms with Gasteiger partial charge in [-0.25, -0.2) is 0 Å². The van der Waals surface area contributed by atoms with Gasteiger partial charge in [0.25, 0.3) is 0 Å². The van der Waals surface area contributed by atoms with Crippen molar-refractivity contribution >= 4 is 27.8 Å². The molecule has 9 rings (SSSR count). The van der Waals surface area contributed by atoms with E-state index in [1.807, 2.05) is 89.8 Å². The molecular weight excluding hydrogens is 603 g/mol. The van der Waals surface area contributed by atoms with Crippen LogP contribution >= 0.6 is 0 Å². The lowest BCUT2D eigenvalue weighted by Gasteiger charge is -2.28. The van der Waals surface area contributed by atoms with Crippen molar-refractivity contribution in [3.05, 3.63) is 199 Å². The second-order valence-electron chi connectivity index (χ2n) is 13.5. The van der Waals surface area contributed by atoms with Crippen molar-refractivity contribution in [3.8, 4) is 44.5 Å². The predicted octanol–water partition coefficient (Wildman–Crippen LogP) is 13.6. The van der Waals surface area contributed by atoms with E-state index >= 15 is 0 Å². The molecule has 0 saturated heterocycles. The second-order valence-corrected chi connectivity index (χ2v) is 13.5. The maximum atomic E-state index is 9.60. The Hall–Kier alpha value is -6.18. The molecule has 50 heavy (non-hydrogen) atoms. The molecular formula is C49H37N. The van der Waals surface area contributed by atoms with E-state index in [0.29, 0.717) is 5.56 Å². The van der Waals surface area contributed by atoms with Gasteiger partial charge in [-0.1, -0.05) is 159 Å². The summed E-state index contributed by atoms with van der Waals surface area (Å²) < 4.78 is 38.1. The topological polar surface area (TPSA) is 3.24 Å². The largest absolute Gasteiger partial charge is 0.310 e. The molecule has 8 aromatic carbocycles. The zero-order chi connectivity index (χ0) is 37.1. The average molecular weight is 644 g/mol. The first-order chi connectivity index (χ1) is 26.2. The highest BCUT2D eigenvalue weighted by molar-refractivity contribution is 5.97. The molecule has 0 fully saturated rings. The Bertz CT molecular complexity index is 2720. The third-order valence-electron chi connectivity index (χ3n) is 10.1. The van der Waals surface area contributed by atoms with Crippen LogP contribution in [0.2, 0.25) is 0 Å². The molecule has 8 aromatic rings. The minimum absolute atomic E-state index is 0.0830. The van der Waals surface area contributed by atoms with E-state index in [4.69, 9.17) is 0 Å². The Balaban J connectivity index is 1.26. The number of benzene rings is 8. The fourth-order valence-corrected chi connectivity index (χ4v) is 7.58. The zero-order valence-corrected chi connectivity index (χ0v) is 28.0. The second kappa shape index (κ2) is 12.1. The van der Waals surface area contributed by atoms with Crippen LogP contribution in [0.1, 0.15) is 30.5 Å². The normalized spacial score (nSPS) is 13.9. The van der Waals surface area contributed by atoms with Gasteiger partial charge in [-0.3, -0.25) is 0 Å². The number of hydrogen-bond donors (Lipinski definition) is 0. The first-order valence-electron chi connectivity index (χ1n) is 19.1. The van der Waals surface area contributed by atoms with Crippen LogP contribution in [-0.4, -0.2) is 0 Å². The van der Waals surface area contributed by atoms with Gasteiger partial charge in [0.05, 0.1) is 5.48 Å². The van der Waals surface area contributed by atoms with E-state index < -0.39 is 0 Å². The fraction of sp³-hybridized carbons (Fsp3) is 0.0612. The molecule has 0 heterocycles. The van der Waals surface area contributed by atoms with E-state index in [0.717, 1.165) is 55.5 Å². The molecule has 0 aromatic heterocycles. The summed E-state index contributed by atoms with van der Waals surface area (Å²) in [4.78, 5) is 1.92. The first-order valence-corrected chi connectivity index (χ1v) is 17.1. The molecule has 1 nitrogen and oxygen atoms in total. The van der Waals surface area contributed by atoms with E-state index in [-0.39, 0.29) is 40.8 Å². The average Bonchev–Trinajstić information content (AvgIpc) is 3.44. The Morgan fingerprint density at radius 3 is 1.86 bits per heavy atom. The van der Waals surface area contributed by atoms with Gasteiger partial charge in [-0.15, -0.1) is 0 Å². The number of hydrogen-bond acceptors (Lipinski definition) is 1. The van der Waals surface area contributed by atoms with Crippen molar-refractivity contribution < 1.29 is 5.48 Å². The lowest BCUT2D eigenvalue weighted by molar-refractivity contribution is 0.660. The molecule has 0 atom stereocenters. The van der Waals surface area contributed by atoms with Crippen molar-refractivity contribution in [2.75, 3.05) is 4.90 Å². The number of anilines is 3. The van der Waals surface area contributed by atoms with Gasteiger partial charge in [0.2, 0.25) is 0 Å². The van der Waals surface area contributed by atoms with Crippen molar-refractivity contribution in [1.82, 2.24) is 0 Å². The highest BCUT2D eigenvalue weighted by Crippen LogP contribution is 2.50. The van der Waals surface area contributed by atoms with Gasteiger partial charge in [0.15, 0.2) is 0 Å². The van der Waals surface area contributed by atoms with Crippen molar-refractivity contribution in [3.63, 3.8) is 0 Å². The van der Waals surface area contributed by atoms with Gasteiger partial charge in [0.1, 0.15) is 0 Å². The molecule has 0 saturated carbocycles. The van der Waals surface area contributed by atoms with Gasteiger partial charge in [-0.05, 0) is 109 Å². The Morgan fingerprint density at radius 2 is 1.00 bits per heavy atom. The van der Waals surface area contributed by atoms with Crippen molar-refractivity contribution in [2.45, 2.75) is 19.3 Å². The smallest absolute Gasteiger partial charge is 0.0645 e. The molecule has 238 valence electrons. The van der Waals surface area contributed by atoms with Gasteiger partial charge < -0.3 is 4.90 Å². The summed E-state index contributed by atoms with van der Waals surface area (Å²) in [6, 6.07) is 55.0. The van der Waals surface area contributed by atoms with Crippen LogP contribution in [0, 0.1) is 0 Å². The molecule has 0 amide bonds. The van der Waals surface area contributed by atoms with Crippen LogP contribution in [0.4, 0.5) is 17.1 Å². The Kier molecular flexibility index (Phi) is 6.22. The van der Waals surface area contributed by atoms with Crippen molar-refractivity contribution in [1.29, 1.82) is 0 Å². The Morgan fingerprint density at radius 1 is 0.400 bits per heavy atom. The Labute approximate surface area is 300 Å². The van der Waals surface area contributed by atoms with Crippen LogP contribution in [0.5, 0.6) is 0 Å².